The van der Waals surface area contributed by atoms with Gasteiger partial charge in [-0.3, -0.25) is 14.4 Å². The molecule has 2 aromatic heterocycles. The highest BCUT2D eigenvalue weighted by Gasteiger charge is 2.35. The Morgan fingerprint density at radius 3 is 2.77 bits per heavy atom. The van der Waals surface area contributed by atoms with Crippen LogP contribution in [0.3, 0.4) is 0 Å². The van der Waals surface area contributed by atoms with Crippen LogP contribution in [-0.4, -0.2) is 71.0 Å². The van der Waals surface area contributed by atoms with Crippen LogP contribution >= 0.6 is 0 Å². The highest BCUT2D eigenvalue weighted by Crippen LogP contribution is 2.29. The first-order valence-electron chi connectivity index (χ1n) is 15.5. The molecular formula is C36H32FN5O6. The molecule has 1 saturated heterocycles. The lowest BCUT2D eigenvalue weighted by molar-refractivity contribution is -0.123. The first kappa shape index (κ1) is 30.7. The molecule has 5 aromatic rings. The summed E-state index contributed by atoms with van der Waals surface area (Å²) >= 11 is 0. The predicted molar refractivity (Wildman–Crippen MR) is 174 cm³/mol. The number of aromatic nitrogens is 2. The van der Waals surface area contributed by atoms with Crippen LogP contribution in [0.4, 0.5) is 4.39 Å². The molecule has 5 heterocycles. The van der Waals surface area contributed by atoms with E-state index in [4.69, 9.17) is 14.2 Å². The maximum absolute atomic E-state index is 15.2. The van der Waals surface area contributed by atoms with E-state index >= 15 is 4.39 Å². The number of likely N-dealkylation sites (tertiary alicyclic amines) is 1. The first-order chi connectivity index (χ1) is 23.3. The van der Waals surface area contributed by atoms with Gasteiger partial charge in [0.05, 0.1) is 24.3 Å². The highest BCUT2D eigenvalue weighted by molar-refractivity contribution is 5.97. The molecule has 0 radical (unpaired) electrons. The van der Waals surface area contributed by atoms with Gasteiger partial charge in [-0.1, -0.05) is 18.2 Å². The molecule has 0 aliphatic carbocycles. The van der Waals surface area contributed by atoms with Gasteiger partial charge in [-0.15, -0.1) is 0 Å². The molecule has 6 bridgehead atoms. The fraction of sp³-hybridized carbons (Fsp3) is 0.222. The number of piperidine rings is 1. The second-order valence-corrected chi connectivity index (χ2v) is 11.6. The van der Waals surface area contributed by atoms with E-state index in [-0.39, 0.29) is 37.1 Å². The predicted octanol–water partition coefficient (Wildman–Crippen LogP) is 4.25. The third kappa shape index (κ3) is 6.37. The van der Waals surface area contributed by atoms with E-state index in [1.807, 2.05) is 0 Å². The summed E-state index contributed by atoms with van der Waals surface area (Å²) in [6.45, 7) is 0.472. The largest absolute Gasteiger partial charge is 0.496 e. The monoisotopic (exact) mass is 649 g/mol. The van der Waals surface area contributed by atoms with Crippen molar-refractivity contribution in [2.75, 3.05) is 26.8 Å². The second kappa shape index (κ2) is 13.1. The summed E-state index contributed by atoms with van der Waals surface area (Å²) in [5.41, 5.74) is 3.01. The molecule has 11 nitrogen and oxygen atoms in total. The lowest BCUT2D eigenvalue weighted by Crippen LogP contribution is -2.58. The number of imidazole rings is 1. The number of benzene rings is 3. The SMILES string of the molecule is COc1cc2ccc1CNC(=O)COc1cccc(c1)-c1ccc(F)c(c1)C(=O)N[C@@H]1CN(C(=O)c3ccc4nccn4c3)CC[C@@H]1O2. The number of rotatable bonds is 2. The van der Waals surface area contributed by atoms with Crippen LogP contribution in [-0.2, 0) is 11.3 Å². The molecule has 244 valence electrons. The van der Waals surface area contributed by atoms with Gasteiger partial charge in [-0.05, 0) is 59.7 Å². The minimum absolute atomic E-state index is 0.124. The van der Waals surface area contributed by atoms with Gasteiger partial charge in [-0.2, -0.15) is 0 Å². The van der Waals surface area contributed by atoms with E-state index in [2.05, 4.69) is 15.6 Å². The van der Waals surface area contributed by atoms with Crippen molar-refractivity contribution >= 4 is 23.4 Å². The quantitative estimate of drug-likeness (QED) is 0.293. The average molecular weight is 650 g/mol. The van der Waals surface area contributed by atoms with E-state index in [9.17, 15) is 14.4 Å². The molecule has 3 aromatic carbocycles. The summed E-state index contributed by atoms with van der Waals surface area (Å²) in [4.78, 5) is 46.0. The lowest BCUT2D eigenvalue weighted by atomic mass is 9.99. The molecule has 0 saturated carbocycles. The van der Waals surface area contributed by atoms with E-state index in [0.29, 0.717) is 52.6 Å². The zero-order valence-corrected chi connectivity index (χ0v) is 26.0. The molecule has 3 aliphatic rings. The van der Waals surface area contributed by atoms with Crippen molar-refractivity contribution < 1.29 is 33.0 Å². The van der Waals surface area contributed by atoms with Gasteiger partial charge in [-0.25, -0.2) is 9.37 Å². The number of hydrogen-bond donors (Lipinski definition) is 2. The minimum Gasteiger partial charge on any atom is -0.496 e. The van der Waals surface area contributed by atoms with Crippen molar-refractivity contribution in [2.45, 2.75) is 25.1 Å². The van der Waals surface area contributed by atoms with Gasteiger partial charge in [0.15, 0.2) is 6.61 Å². The summed E-state index contributed by atoms with van der Waals surface area (Å²) < 4.78 is 34.7. The van der Waals surface area contributed by atoms with Crippen LogP contribution in [0, 0.1) is 5.82 Å². The van der Waals surface area contributed by atoms with Crippen molar-refractivity contribution in [3.8, 4) is 28.4 Å². The van der Waals surface area contributed by atoms with Gasteiger partial charge < -0.3 is 34.1 Å². The standard InChI is InChI=1S/C36H32FN5O6/c1-46-32-17-27-8-5-24(32)18-39-34(43)21-47-26-4-2-3-22(15-26)23-6-9-29(37)28(16-23)35(44)40-30-20-42(13-11-31(30)48-27)36(45)25-7-10-33-38-12-14-41(33)19-25/h2-10,12,14-17,19,30-31H,11,13,18,20-21H2,1H3,(H,39,43)(H,40,44)/t30-,31+/m1/s1. The number of carbonyl (C=O) groups is 3. The van der Waals surface area contributed by atoms with Gasteiger partial charge >= 0.3 is 0 Å². The Hall–Kier alpha value is -5.91. The maximum Gasteiger partial charge on any atom is 0.258 e. The number of halogens is 1. The summed E-state index contributed by atoms with van der Waals surface area (Å²) in [5, 5.41) is 5.81. The van der Waals surface area contributed by atoms with Gasteiger partial charge in [0.1, 0.15) is 34.8 Å². The number of nitrogens with zero attached hydrogens (tertiary/aromatic N) is 3. The third-order valence-corrected chi connectivity index (χ3v) is 8.56. The summed E-state index contributed by atoms with van der Waals surface area (Å²) in [7, 11) is 1.52. The van der Waals surface area contributed by atoms with Gasteiger partial charge in [0.25, 0.3) is 17.7 Å². The zero-order chi connectivity index (χ0) is 33.2. The molecule has 48 heavy (non-hydrogen) atoms. The molecule has 0 spiro atoms. The van der Waals surface area contributed by atoms with E-state index in [0.717, 1.165) is 5.56 Å². The Bertz CT molecular complexity index is 2030. The number of hydrogen-bond acceptors (Lipinski definition) is 7. The summed E-state index contributed by atoms with van der Waals surface area (Å²) in [6.07, 6.45) is 4.97. The molecule has 3 aliphatic heterocycles. The number of amides is 3. The van der Waals surface area contributed by atoms with Crippen molar-refractivity contribution in [1.29, 1.82) is 0 Å². The number of pyridine rings is 1. The Labute approximate surface area is 275 Å². The topological polar surface area (TPSA) is 124 Å². The number of carbonyl (C=O) groups excluding carboxylic acids is 3. The first-order valence-corrected chi connectivity index (χ1v) is 15.5. The Morgan fingerprint density at radius 1 is 1.02 bits per heavy atom. The van der Waals surface area contributed by atoms with Crippen LogP contribution in [0.15, 0.2) is 91.4 Å². The second-order valence-electron chi connectivity index (χ2n) is 11.6. The average Bonchev–Trinajstić information content (AvgIpc) is 3.58. The molecule has 0 unspecified atom stereocenters. The number of methoxy groups -OCH3 is 1. The molecule has 12 heteroatoms. The van der Waals surface area contributed by atoms with Crippen LogP contribution in [0.2, 0.25) is 0 Å². The van der Waals surface area contributed by atoms with Crippen LogP contribution in [0.1, 0.15) is 32.7 Å². The molecule has 8 rings (SSSR count). The zero-order valence-electron chi connectivity index (χ0n) is 26.0. The highest BCUT2D eigenvalue weighted by atomic mass is 19.1. The van der Waals surface area contributed by atoms with Crippen LogP contribution in [0.25, 0.3) is 16.8 Å². The molecule has 2 atom stereocenters. The van der Waals surface area contributed by atoms with Crippen molar-refractivity contribution in [2.24, 2.45) is 0 Å². The van der Waals surface area contributed by atoms with Crippen molar-refractivity contribution in [3.05, 3.63) is 114 Å². The molecule has 3 amide bonds. The van der Waals surface area contributed by atoms with E-state index in [1.54, 1.807) is 88.6 Å². The number of nitrogens with one attached hydrogen (secondary N) is 2. The normalized spacial score (nSPS) is 18.2. The molecular weight excluding hydrogens is 617 g/mol. The van der Waals surface area contributed by atoms with Crippen molar-refractivity contribution in [1.82, 2.24) is 24.9 Å². The smallest absolute Gasteiger partial charge is 0.258 e. The molecule has 2 N–H and O–H groups in total. The van der Waals surface area contributed by atoms with E-state index < -0.39 is 23.9 Å². The third-order valence-electron chi connectivity index (χ3n) is 8.56. The number of ether oxygens (including phenoxy) is 3. The Balaban J connectivity index is 1.23. The summed E-state index contributed by atoms with van der Waals surface area (Å²) in [6, 6.07) is 19.3. The maximum atomic E-state index is 15.2. The Kier molecular flexibility index (Phi) is 8.37. The van der Waals surface area contributed by atoms with Gasteiger partial charge in [0.2, 0.25) is 0 Å². The number of fused-ring (bicyclic) bond motifs is 8. The molecule has 1 fully saturated rings. The van der Waals surface area contributed by atoms with Gasteiger partial charge in [0, 0.05) is 56.3 Å². The summed E-state index contributed by atoms with van der Waals surface area (Å²) in [5.74, 6) is -0.474. The van der Waals surface area contributed by atoms with Crippen LogP contribution < -0.4 is 24.8 Å². The van der Waals surface area contributed by atoms with Crippen molar-refractivity contribution in [3.63, 3.8) is 0 Å². The fourth-order valence-electron chi connectivity index (χ4n) is 6.03. The van der Waals surface area contributed by atoms with E-state index in [1.165, 1.54) is 19.2 Å². The van der Waals surface area contributed by atoms with Crippen LogP contribution in [0.5, 0.6) is 17.2 Å². The lowest BCUT2D eigenvalue weighted by Gasteiger charge is -2.39. The Morgan fingerprint density at radius 2 is 1.90 bits per heavy atom. The minimum atomic E-state index is -0.697. The fourth-order valence-corrected chi connectivity index (χ4v) is 6.03.